The molecular weight excluding hydrogens is 228 g/mol. The van der Waals surface area contributed by atoms with Crippen molar-refractivity contribution < 1.29 is 0 Å². The zero-order chi connectivity index (χ0) is 12.3. The number of thioether (sulfide) groups is 1. The lowest BCUT2D eigenvalue weighted by Crippen LogP contribution is -2.10. The molecule has 1 aromatic heterocycles. The van der Waals surface area contributed by atoms with Crippen LogP contribution in [0, 0.1) is 0 Å². The molecule has 2 rings (SSSR count). The third-order valence-corrected chi connectivity index (χ3v) is 3.64. The lowest BCUT2D eigenvalue weighted by Gasteiger charge is -2.19. The maximum atomic E-state index is 4.20. The third kappa shape index (κ3) is 3.37. The Morgan fingerprint density at radius 2 is 1.88 bits per heavy atom. The maximum Gasteiger partial charge on any atom is 0.165 e. The van der Waals surface area contributed by atoms with Gasteiger partial charge in [-0.3, -0.25) is 0 Å². The molecule has 0 atom stereocenters. The fourth-order valence-corrected chi connectivity index (χ4v) is 2.36. The van der Waals surface area contributed by atoms with E-state index in [1.165, 1.54) is 11.1 Å². The first kappa shape index (κ1) is 12.2. The van der Waals surface area contributed by atoms with E-state index < -0.39 is 0 Å². The van der Waals surface area contributed by atoms with E-state index in [0.717, 1.165) is 10.9 Å². The fourth-order valence-electron chi connectivity index (χ4n) is 1.58. The van der Waals surface area contributed by atoms with E-state index in [2.05, 4.69) is 55.0 Å². The van der Waals surface area contributed by atoms with Gasteiger partial charge in [0.1, 0.15) is 0 Å². The van der Waals surface area contributed by atoms with E-state index in [9.17, 15) is 0 Å². The molecule has 1 heterocycles. The Morgan fingerprint density at radius 3 is 2.41 bits per heavy atom. The standard InChI is InChI=1S/C14H18N2S/c1-14(2,3)12-6-4-11(5-7-12)10-17-13-15-8-9-16-13/h4-9H,10H2,1-3H3,(H,15,16). The van der Waals surface area contributed by atoms with Crippen LogP contribution < -0.4 is 0 Å². The van der Waals surface area contributed by atoms with Crippen LogP contribution in [0.25, 0.3) is 0 Å². The van der Waals surface area contributed by atoms with Crippen molar-refractivity contribution in [2.24, 2.45) is 0 Å². The number of imidazole rings is 1. The normalized spacial score (nSPS) is 11.7. The number of H-pyrrole nitrogens is 1. The molecule has 0 fully saturated rings. The predicted molar refractivity (Wildman–Crippen MR) is 73.3 cm³/mol. The minimum Gasteiger partial charge on any atom is -0.340 e. The second-order valence-corrected chi connectivity index (χ2v) is 6.09. The number of nitrogens with one attached hydrogen (secondary N) is 1. The number of hydrogen-bond donors (Lipinski definition) is 1. The predicted octanol–water partition coefficient (Wildman–Crippen LogP) is 4.00. The summed E-state index contributed by atoms with van der Waals surface area (Å²) in [6, 6.07) is 8.85. The van der Waals surface area contributed by atoms with Crippen molar-refractivity contribution in [2.45, 2.75) is 37.1 Å². The minimum absolute atomic E-state index is 0.229. The number of benzene rings is 1. The van der Waals surface area contributed by atoms with Crippen LogP contribution in [0.1, 0.15) is 31.9 Å². The highest BCUT2D eigenvalue weighted by atomic mass is 32.2. The summed E-state index contributed by atoms with van der Waals surface area (Å²) in [6.07, 6.45) is 3.63. The van der Waals surface area contributed by atoms with Gasteiger partial charge in [0.2, 0.25) is 0 Å². The van der Waals surface area contributed by atoms with Gasteiger partial charge in [-0.2, -0.15) is 0 Å². The molecule has 0 unspecified atom stereocenters. The van der Waals surface area contributed by atoms with Crippen LogP contribution in [0.5, 0.6) is 0 Å². The van der Waals surface area contributed by atoms with Gasteiger partial charge in [-0.05, 0) is 16.5 Å². The smallest absolute Gasteiger partial charge is 0.165 e. The van der Waals surface area contributed by atoms with Crippen molar-refractivity contribution in [1.29, 1.82) is 0 Å². The number of hydrogen-bond acceptors (Lipinski definition) is 2. The van der Waals surface area contributed by atoms with Crippen LogP contribution in [0.15, 0.2) is 41.8 Å². The van der Waals surface area contributed by atoms with Gasteiger partial charge in [0.15, 0.2) is 5.16 Å². The van der Waals surface area contributed by atoms with Crippen LogP contribution in [0.3, 0.4) is 0 Å². The molecule has 17 heavy (non-hydrogen) atoms. The summed E-state index contributed by atoms with van der Waals surface area (Å²) in [4.78, 5) is 7.29. The van der Waals surface area contributed by atoms with E-state index in [0.29, 0.717) is 0 Å². The molecule has 3 heteroatoms. The van der Waals surface area contributed by atoms with Crippen LogP contribution in [-0.4, -0.2) is 9.97 Å². The van der Waals surface area contributed by atoms with E-state index in [1.54, 1.807) is 18.0 Å². The molecule has 90 valence electrons. The molecule has 0 saturated carbocycles. The Labute approximate surface area is 107 Å². The van der Waals surface area contributed by atoms with Crippen LogP contribution in [0.4, 0.5) is 0 Å². The van der Waals surface area contributed by atoms with Gasteiger partial charge in [-0.1, -0.05) is 56.8 Å². The first-order valence-electron chi connectivity index (χ1n) is 5.77. The topological polar surface area (TPSA) is 28.7 Å². The summed E-state index contributed by atoms with van der Waals surface area (Å²) in [5, 5.41) is 0.977. The Balaban J connectivity index is 1.99. The molecule has 0 aliphatic rings. The number of rotatable bonds is 3. The SMILES string of the molecule is CC(C)(C)c1ccc(CSc2ncc[nH]2)cc1. The summed E-state index contributed by atoms with van der Waals surface area (Å²) in [7, 11) is 0. The molecule has 0 aliphatic carbocycles. The summed E-state index contributed by atoms with van der Waals surface area (Å²) in [5.74, 6) is 0.956. The van der Waals surface area contributed by atoms with Gasteiger partial charge < -0.3 is 4.98 Å². The molecule has 2 aromatic rings. The number of nitrogens with zero attached hydrogens (tertiary/aromatic N) is 1. The highest BCUT2D eigenvalue weighted by Gasteiger charge is 2.12. The van der Waals surface area contributed by atoms with Gasteiger partial charge in [-0.15, -0.1) is 0 Å². The van der Waals surface area contributed by atoms with Crippen molar-refractivity contribution in [3.8, 4) is 0 Å². The Kier molecular flexibility index (Phi) is 3.57. The van der Waals surface area contributed by atoms with E-state index >= 15 is 0 Å². The van der Waals surface area contributed by atoms with Crippen molar-refractivity contribution in [3.63, 3.8) is 0 Å². The largest absolute Gasteiger partial charge is 0.340 e. The third-order valence-electron chi connectivity index (χ3n) is 2.67. The fraction of sp³-hybridized carbons (Fsp3) is 0.357. The van der Waals surface area contributed by atoms with Crippen molar-refractivity contribution in [3.05, 3.63) is 47.8 Å². The quantitative estimate of drug-likeness (QED) is 0.829. The van der Waals surface area contributed by atoms with Gasteiger partial charge in [-0.25, -0.2) is 4.98 Å². The molecule has 2 nitrogen and oxygen atoms in total. The second kappa shape index (κ2) is 4.96. The van der Waals surface area contributed by atoms with Crippen molar-refractivity contribution >= 4 is 11.8 Å². The molecule has 0 saturated heterocycles. The highest BCUT2D eigenvalue weighted by molar-refractivity contribution is 7.98. The van der Waals surface area contributed by atoms with Gasteiger partial charge >= 0.3 is 0 Å². The Bertz CT molecular complexity index is 452. The highest BCUT2D eigenvalue weighted by Crippen LogP contribution is 2.24. The first-order valence-corrected chi connectivity index (χ1v) is 6.76. The lowest BCUT2D eigenvalue weighted by atomic mass is 9.87. The van der Waals surface area contributed by atoms with E-state index in [4.69, 9.17) is 0 Å². The summed E-state index contributed by atoms with van der Waals surface area (Å²) < 4.78 is 0. The molecule has 0 radical (unpaired) electrons. The summed E-state index contributed by atoms with van der Waals surface area (Å²) >= 11 is 1.73. The first-order chi connectivity index (χ1) is 8.05. The maximum absolute atomic E-state index is 4.20. The summed E-state index contributed by atoms with van der Waals surface area (Å²) in [6.45, 7) is 6.71. The molecule has 1 aromatic carbocycles. The average molecular weight is 246 g/mol. The number of aromatic nitrogens is 2. The summed E-state index contributed by atoms with van der Waals surface area (Å²) in [5.41, 5.74) is 2.94. The van der Waals surface area contributed by atoms with E-state index in [1.807, 2.05) is 6.20 Å². The monoisotopic (exact) mass is 246 g/mol. The zero-order valence-corrected chi connectivity index (χ0v) is 11.3. The van der Waals surface area contributed by atoms with Gasteiger partial charge in [0.25, 0.3) is 0 Å². The molecule has 1 N–H and O–H groups in total. The van der Waals surface area contributed by atoms with E-state index in [-0.39, 0.29) is 5.41 Å². The average Bonchev–Trinajstić information content (AvgIpc) is 2.78. The second-order valence-electron chi connectivity index (χ2n) is 5.13. The Morgan fingerprint density at radius 1 is 1.18 bits per heavy atom. The minimum atomic E-state index is 0.229. The molecule has 0 aliphatic heterocycles. The van der Waals surface area contributed by atoms with Crippen molar-refractivity contribution in [2.75, 3.05) is 0 Å². The van der Waals surface area contributed by atoms with Gasteiger partial charge in [0.05, 0.1) is 0 Å². The molecule has 0 bridgehead atoms. The zero-order valence-electron chi connectivity index (χ0n) is 10.5. The Hall–Kier alpha value is -1.22. The lowest BCUT2D eigenvalue weighted by molar-refractivity contribution is 0.590. The van der Waals surface area contributed by atoms with Crippen LogP contribution in [0.2, 0.25) is 0 Å². The van der Waals surface area contributed by atoms with Crippen LogP contribution in [-0.2, 0) is 11.2 Å². The van der Waals surface area contributed by atoms with Crippen LogP contribution >= 0.6 is 11.8 Å². The number of aromatic amines is 1. The van der Waals surface area contributed by atoms with Gasteiger partial charge in [0, 0.05) is 18.1 Å². The molecule has 0 amide bonds. The van der Waals surface area contributed by atoms with Crippen molar-refractivity contribution in [1.82, 2.24) is 9.97 Å². The molecule has 0 spiro atoms. The molecular formula is C14H18N2S.